The summed E-state index contributed by atoms with van der Waals surface area (Å²) in [5, 5.41) is 12.4. The molecule has 2 aromatic rings. The van der Waals surface area contributed by atoms with Crippen molar-refractivity contribution in [1.29, 1.82) is 0 Å². The number of benzene rings is 2. The number of hydrogen-bond donors (Lipinski definition) is 3. The number of carbonyl (C=O) groups excluding carboxylic acids is 1. The van der Waals surface area contributed by atoms with E-state index in [9.17, 15) is 18.3 Å². The third-order valence-electron chi connectivity index (χ3n) is 3.46. The number of phenolic OH excluding ortho intramolecular Hbond substituents is 1. The number of anilines is 2. The normalized spacial score (nSPS) is 14.1. The van der Waals surface area contributed by atoms with Crippen LogP contribution in [-0.2, 0) is 21.2 Å². The Bertz CT molecular complexity index is 832. The van der Waals surface area contributed by atoms with Gasteiger partial charge < -0.3 is 10.4 Å². The number of phenols is 1. The van der Waals surface area contributed by atoms with Gasteiger partial charge in [-0.2, -0.15) is 0 Å². The van der Waals surface area contributed by atoms with Crippen LogP contribution in [0.5, 0.6) is 5.75 Å². The van der Waals surface area contributed by atoms with E-state index in [0.29, 0.717) is 17.7 Å². The molecular formula is C15H14N2O4S. The number of sulfonamides is 1. The molecule has 114 valence electrons. The second kappa shape index (κ2) is 5.34. The van der Waals surface area contributed by atoms with Gasteiger partial charge in [-0.1, -0.05) is 18.2 Å². The van der Waals surface area contributed by atoms with Gasteiger partial charge in [0.15, 0.2) is 0 Å². The summed E-state index contributed by atoms with van der Waals surface area (Å²) in [5.41, 5.74) is 1.21. The van der Waals surface area contributed by atoms with E-state index in [1.54, 1.807) is 18.2 Å². The third-order valence-corrected chi connectivity index (χ3v) is 4.84. The Morgan fingerprint density at radius 3 is 2.50 bits per heavy atom. The molecule has 2 aromatic carbocycles. The maximum atomic E-state index is 12.4. The van der Waals surface area contributed by atoms with Crippen molar-refractivity contribution in [1.82, 2.24) is 0 Å². The van der Waals surface area contributed by atoms with Gasteiger partial charge in [-0.15, -0.1) is 0 Å². The molecule has 1 amide bonds. The topological polar surface area (TPSA) is 95.5 Å². The molecular weight excluding hydrogens is 304 g/mol. The predicted octanol–water partition coefficient (Wildman–Crippen LogP) is 2.08. The van der Waals surface area contributed by atoms with E-state index in [4.69, 9.17) is 0 Å². The molecule has 7 heteroatoms. The molecule has 0 radical (unpaired) electrons. The minimum atomic E-state index is -3.72. The first kappa shape index (κ1) is 14.4. The van der Waals surface area contributed by atoms with Crippen molar-refractivity contribution in [2.75, 3.05) is 10.0 Å². The lowest BCUT2D eigenvalue weighted by Crippen LogP contribution is -2.21. The molecule has 0 atom stereocenters. The number of hydrogen-bond acceptors (Lipinski definition) is 4. The highest BCUT2D eigenvalue weighted by Gasteiger charge is 2.23. The molecule has 0 unspecified atom stereocenters. The van der Waals surface area contributed by atoms with Gasteiger partial charge in [-0.3, -0.25) is 9.52 Å². The fraction of sp³-hybridized carbons (Fsp3) is 0.133. The zero-order valence-corrected chi connectivity index (χ0v) is 12.4. The second-order valence-corrected chi connectivity index (χ2v) is 6.63. The summed E-state index contributed by atoms with van der Waals surface area (Å²) in [5.74, 6) is -0.281. The van der Waals surface area contributed by atoms with E-state index in [2.05, 4.69) is 10.0 Å². The summed E-state index contributed by atoms with van der Waals surface area (Å²) in [6.45, 7) is 0. The van der Waals surface area contributed by atoms with Crippen LogP contribution in [0.3, 0.4) is 0 Å². The Hall–Kier alpha value is -2.54. The van der Waals surface area contributed by atoms with Gasteiger partial charge in [0.2, 0.25) is 5.91 Å². The highest BCUT2D eigenvalue weighted by atomic mass is 32.2. The van der Waals surface area contributed by atoms with Crippen molar-refractivity contribution in [3.8, 4) is 5.75 Å². The van der Waals surface area contributed by atoms with Crippen LogP contribution in [0.2, 0.25) is 0 Å². The van der Waals surface area contributed by atoms with Crippen LogP contribution in [-0.4, -0.2) is 19.4 Å². The Morgan fingerprint density at radius 1 is 1.05 bits per heavy atom. The molecule has 0 saturated heterocycles. The van der Waals surface area contributed by atoms with E-state index < -0.39 is 10.0 Å². The fourth-order valence-electron chi connectivity index (χ4n) is 2.37. The fourth-order valence-corrected chi connectivity index (χ4v) is 3.49. The van der Waals surface area contributed by atoms with Gasteiger partial charge in [-0.05, 0) is 30.7 Å². The molecule has 0 spiro atoms. The van der Waals surface area contributed by atoms with Crippen LogP contribution in [0.25, 0.3) is 0 Å². The standard InChI is InChI=1S/C15H14N2O4S/c18-13-8-7-12(11-6-9-14(19)16-15(11)13)17-22(20,21)10-4-2-1-3-5-10/h1-5,7-8,17-18H,6,9H2,(H,16,19). The average Bonchev–Trinajstić information content (AvgIpc) is 2.51. The highest BCUT2D eigenvalue weighted by Crippen LogP contribution is 2.37. The monoisotopic (exact) mass is 318 g/mol. The Kier molecular flexibility index (Phi) is 3.50. The number of rotatable bonds is 3. The van der Waals surface area contributed by atoms with Crippen LogP contribution in [0, 0.1) is 0 Å². The van der Waals surface area contributed by atoms with Gasteiger partial charge in [0.25, 0.3) is 10.0 Å². The number of carbonyl (C=O) groups is 1. The number of fused-ring (bicyclic) bond motifs is 1. The quantitative estimate of drug-likeness (QED) is 0.596. The lowest BCUT2D eigenvalue weighted by atomic mass is 10.0. The maximum absolute atomic E-state index is 12.4. The van der Waals surface area contributed by atoms with Crippen molar-refractivity contribution in [3.63, 3.8) is 0 Å². The van der Waals surface area contributed by atoms with Crippen LogP contribution in [0.4, 0.5) is 11.4 Å². The van der Waals surface area contributed by atoms with Crippen molar-refractivity contribution in [3.05, 3.63) is 48.0 Å². The van der Waals surface area contributed by atoms with Crippen LogP contribution in [0.15, 0.2) is 47.4 Å². The van der Waals surface area contributed by atoms with E-state index in [0.717, 1.165) is 0 Å². The van der Waals surface area contributed by atoms with Crippen molar-refractivity contribution < 1.29 is 18.3 Å². The first-order chi connectivity index (χ1) is 10.5. The van der Waals surface area contributed by atoms with Crippen molar-refractivity contribution in [2.24, 2.45) is 0 Å². The number of aromatic hydroxyl groups is 1. The molecule has 0 bridgehead atoms. The van der Waals surface area contributed by atoms with Gasteiger partial charge in [-0.25, -0.2) is 8.42 Å². The molecule has 6 nitrogen and oxygen atoms in total. The Morgan fingerprint density at radius 2 is 1.77 bits per heavy atom. The van der Waals surface area contributed by atoms with Crippen LogP contribution < -0.4 is 10.0 Å². The van der Waals surface area contributed by atoms with Gasteiger partial charge >= 0.3 is 0 Å². The summed E-state index contributed by atoms with van der Waals surface area (Å²) in [4.78, 5) is 11.6. The summed E-state index contributed by atoms with van der Waals surface area (Å²) in [7, 11) is -3.72. The molecule has 3 rings (SSSR count). The third kappa shape index (κ3) is 2.62. The van der Waals surface area contributed by atoms with Crippen LogP contribution in [0.1, 0.15) is 12.0 Å². The summed E-state index contributed by atoms with van der Waals surface area (Å²) >= 11 is 0. The van der Waals surface area contributed by atoms with Gasteiger partial charge in [0, 0.05) is 12.0 Å². The number of amides is 1. The zero-order chi connectivity index (χ0) is 15.7. The Balaban J connectivity index is 2.00. The van der Waals surface area contributed by atoms with E-state index >= 15 is 0 Å². The molecule has 0 aromatic heterocycles. The maximum Gasteiger partial charge on any atom is 0.261 e. The summed E-state index contributed by atoms with van der Waals surface area (Å²) in [6, 6.07) is 10.9. The Labute approximate surface area is 127 Å². The van der Waals surface area contributed by atoms with Gasteiger partial charge in [0.05, 0.1) is 16.3 Å². The minimum absolute atomic E-state index is 0.0780. The molecule has 1 heterocycles. The molecule has 22 heavy (non-hydrogen) atoms. The van der Waals surface area contributed by atoms with Crippen LogP contribution >= 0.6 is 0 Å². The van der Waals surface area contributed by atoms with Gasteiger partial charge in [0.1, 0.15) is 5.75 Å². The smallest absolute Gasteiger partial charge is 0.261 e. The lowest BCUT2D eigenvalue weighted by molar-refractivity contribution is -0.116. The molecule has 3 N–H and O–H groups in total. The van der Waals surface area contributed by atoms with Crippen molar-refractivity contribution in [2.45, 2.75) is 17.7 Å². The lowest BCUT2D eigenvalue weighted by Gasteiger charge is -2.21. The van der Waals surface area contributed by atoms with E-state index in [-0.39, 0.29) is 28.7 Å². The minimum Gasteiger partial charge on any atom is -0.506 e. The SMILES string of the molecule is O=C1CCc2c(NS(=O)(=O)c3ccccc3)ccc(O)c2N1. The molecule has 0 saturated carbocycles. The molecule has 0 aliphatic carbocycles. The van der Waals surface area contributed by atoms with E-state index in [1.807, 2.05) is 0 Å². The summed E-state index contributed by atoms with van der Waals surface area (Å²) < 4.78 is 27.3. The molecule has 0 fully saturated rings. The van der Waals surface area contributed by atoms with E-state index in [1.165, 1.54) is 24.3 Å². The summed E-state index contributed by atoms with van der Waals surface area (Å²) in [6.07, 6.45) is 0.610. The number of nitrogens with one attached hydrogen (secondary N) is 2. The van der Waals surface area contributed by atoms with Crippen molar-refractivity contribution >= 4 is 27.3 Å². The zero-order valence-electron chi connectivity index (χ0n) is 11.5. The first-order valence-corrected chi connectivity index (χ1v) is 8.18. The average molecular weight is 318 g/mol. The predicted molar refractivity (Wildman–Crippen MR) is 82.3 cm³/mol. The first-order valence-electron chi connectivity index (χ1n) is 6.70. The largest absolute Gasteiger partial charge is 0.506 e. The molecule has 1 aliphatic rings. The second-order valence-electron chi connectivity index (χ2n) is 4.95. The molecule has 1 aliphatic heterocycles. The highest BCUT2D eigenvalue weighted by molar-refractivity contribution is 7.92.